The summed E-state index contributed by atoms with van der Waals surface area (Å²) in [6.45, 7) is 5.90. The van der Waals surface area contributed by atoms with Crippen molar-refractivity contribution in [1.29, 1.82) is 0 Å². The predicted octanol–water partition coefficient (Wildman–Crippen LogP) is 0.393. The minimum absolute atomic E-state index is 0.361. The molecular formula is C10H22N4. The van der Waals surface area contributed by atoms with Crippen LogP contribution in [0.5, 0.6) is 0 Å². The van der Waals surface area contributed by atoms with Crippen LogP contribution in [0.3, 0.4) is 0 Å². The topological polar surface area (TPSA) is 53.6 Å². The first-order valence-corrected chi connectivity index (χ1v) is 5.36. The molecule has 1 fully saturated rings. The van der Waals surface area contributed by atoms with Crippen LogP contribution in [0.4, 0.5) is 0 Å². The van der Waals surface area contributed by atoms with Gasteiger partial charge < -0.3 is 16.0 Å². The third-order valence-corrected chi connectivity index (χ3v) is 2.34. The molecule has 0 aromatic rings. The van der Waals surface area contributed by atoms with Crippen molar-refractivity contribution < 1.29 is 0 Å². The first kappa shape index (κ1) is 11.3. The van der Waals surface area contributed by atoms with Crippen molar-refractivity contribution >= 4 is 5.96 Å². The van der Waals surface area contributed by atoms with Crippen molar-refractivity contribution in [2.75, 3.05) is 20.1 Å². The Hall–Kier alpha value is -0.770. The number of guanidine groups is 1. The molecule has 14 heavy (non-hydrogen) atoms. The summed E-state index contributed by atoms with van der Waals surface area (Å²) in [5.41, 5.74) is 5.67. The number of nitrogens with two attached hydrogens (primary N) is 1. The summed E-state index contributed by atoms with van der Waals surface area (Å²) in [6, 6.07) is 1.17. The van der Waals surface area contributed by atoms with Gasteiger partial charge in [-0.05, 0) is 33.7 Å². The lowest BCUT2D eigenvalue weighted by Crippen LogP contribution is -2.37. The van der Waals surface area contributed by atoms with Gasteiger partial charge in [-0.1, -0.05) is 0 Å². The first-order valence-electron chi connectivity index (χ1n) is 5.36. The molecular weight excluding hydrogens is 176 g/mol. The minimum atomic E-state index is 0.361. The summed E-state index contributed by atoms with van der Waals surface area (Å²) in [6.07, 6.45) is 2.69. The number of aliphatic imine (C=N–C) groups is 1. The SMILES string of the molecule is CC(C)NC(N)=NCCN(C)C1CC1. The molecule has 0 aromatic carbocycles. The van der Waals surface area contributed by atoms with E-state index in [1.54, 1.807) is 0 Å². The summed E-state index contributed by atoms with van der Waals surface area (Å²) < 4.78 is 0. The first-order chi connectivity index (χ1) is 6.59. The van der Waals surface area contributed by atoms with Crippen LogP contribution in [-0.2, 0) is 0 Å². The summed E-state index contributed by atoms with van der Waals surface area (Å²) in [4.78, 5) is 6.61. The van der Waals surface area contributed by atoms with Crippen molar-refractivity contribution in [3.8, 4) is 0 Å². The monoisotopic (exact) mass is 198 g/mol. The summed E-state index contributed by atoms with van der Waals surface area (Å²) in [5, 5.41) is 3.07. The largest absolute Gasteiger partial charge is 0.370 e. The lowest BCUT2D eigenvalue weighted by atomic mass is 10.4. The van der Waals surface area contributed by atoms with Gasteiger partial charge in [0, 0.05) is 18.6 Å². The highest BCUT2D eigenvalue weighted by Gasteiger charge is 2.25. The fourth-order valence-corrected chi connectivity index (χ4v) is 1.37. The smallest absolute Gasteiger partial charge is 0.188 e. The second kappa shape index (κ2) is 5.20. The molecule has 0 aromatic heterocycles. The molecule has 0 saturated heterocycles. The van der Waals surface area contributed by atoms with Gasteiger partial charge in [-0.2, -0.15) is 0 Å². The molecule has 0 amide bonds. The van der Waals surface area contributed by atoms with Crippen LogP contribution >= 0.6 is 0 Å². The van der Waals surface area contributed by atoms with Crippen molar-refractivity contribution in [3.05, 3.63) is 0 Å². The summed E-state index contributed by atoms with van der Waals surface area (Å²) >= 11 is 0. The Morgan fingerprint density at radius 1 is 1.57 bits per heavy atom. The van der Waals surface area contributed by atoms with Gasteiger partial charge >= 0.3 is 0 Å². The van der Waals surface area contributed by atoms with Gasteiger partial charge in [0.2, 0.25) is 0 Å². The molecule has 82 valence electrons. The normalized spacial score (nSPS) is 17.9. The standard InChI is InChI=1S/C10H22N4/c1-8(2)13-10(11)12-6-7-14(3)9-4-5-9/h8-9H,4-7H2,1-3H3,(H3,11,12,13). The fraction of sp³-hybridized carbons (Fsp3) is 0.900. The van der Waals surface area contributed by atoms with E-state index in [2.05, 4.69) is 36.1 Å². The third-order valence-electron chi connectivity index (χ3n) is 2.34. The van der Waals surface area contributed by atoms with Gasteiger partial charge in [-0.25, -0.2) is 0 Å². The molecule has 1 saturated carbocycles. The van der Waals surface area contributed by atoms with Gasteiger partial charge in [0.1, 0.15) is 0 Å². The molecule has 0 unspecified atom stereocenters. The van der Waals surface area contributed by atoms with Crippen molar-refractivity contribution in [1.82, 2.24) is 10.2 Å². The molecule has 3 N–H and O–H groups in total. The Morgan fingerprint density at radius 2 is 2.21 bits per heavy atom. The van der Waals surface area contributed by atoms with E-state index >= 15 is 0 Å². The molecule has 1 aliphatic rings. The summed E-state index contributed by atoms with van der Waals surface area (Å²) in [7, 11) is 2.15. The number of hydrogen-bond acceptors (Lipinski definition) is 2. The van der Waals surface area contributed by atoms with Crippen LogP contribution in [0.15, 0.2) is 4.99 Å². The van der Waals surface area contributed by atoms with E-state index in [1.807, 2.05) is 0 Å². The average molecular weight is 198 g/mol. The Labute approximate surface area is 86.6 Å². The van der Waals surface area contributed by atoms with Crippen LogP contribution < -0.4 is 11.1 Å². The van der Waals surface area contributed by atoms with E-state index in [9.17, 15) is 0 Å². The lowest BCUT2D eigenvalue weighted by Gasteiger charge is -2.14. The van der Waals surface area contributed by atoms with Crippen LogP contribution in [0, 0.1) is 0 Å². The number of nitrogens with one attached hydrogen (secondary N) is 1. The average Bonchev–Trinajstić information content (AvgIpc) is 2.84. The zero-order chi connectivity index (χ0) is 10.6. The maximum atomic E-state index is 5.67. The van der Waals surface area contributed by atoms with Crippen LogP contribution in [-0.4, -0.2) is 43.1 Å². The van der Waals surface area contributed by atoms with Crippen molar-refractivity contribution in [2.45, 2.75) is 38.8 Å². The lowest BCUT2D eigenvalue weighted by molar-refractivity contribution is 0.334. The highest BCUT2D eigenvalue weighted by atomic mass is 15.2. The summed E-state index contributed by atoms with van der Waals surface area (Å²) in [5.74, 6) is 0.559. The highest BCUT2D eigenvalue weighted by molar-refractivity contribution is 5.78. The van der Waals surface area contributed by atoms with Crippen molar-refractivity contribution in [3.63, 3.8) is 0 Å². The second-order valence-corrected chi connectivity index (χ2v) is 4.28. The molecule has 4 nitrogen and oxygen atoms in total. The van der Waals surface area contributed by atoms with Gasteiger partial charge in [0.15, 0.2) is 5.96 Å². The van der Waals surface area contributed by atoms with E-state index in [0.29, 0.717) is 12.0 Å². The van der Waals surface area contributed by atoms with Crippen LogP contribution in [0.25, 0.3) is 0 Å². The minimum Gasteiger partial charge on any atom is -0.370 e. The second-order valence-electron chi connectivity index (χ2n) is 4.28. The Balaban J connectivity index is 2.11. The van der Waals surface area contributed by atoms with E-state index < -0.39 is 0 Å². The van der Waals surface area contributed by atoms with Crippen LogP contribution in [0.2, 0.25) is 0 Å². The van der Waals surface area contributed by atoms with Crippen molar-refractivity contribution in [2.24, 2.45) is 10.7 Å². The van der Waals surface area contributed by atoms with Gasteiger partial charge in [0.25, 0.3) is 0 Å². The fourth-order valence-electron chi connectivity index (χ4n) is 1.37. The van der Waals surface area contributed by atoms with Gasteiger partial charge in [0.05, 0.1) is 6.54 Å². The predicted molar refractivity (Wildman–Crippen MR) is 60.4 cm³/mol. The molecule has 0 radical (unpaired) electrons. The molecule has 0 atom stereocenters. The quantitative estimate of drug-likeness (QED) is 0.496. The maximum Gasteiger partial charge on any atom is 0.188 e. The third kappa shape index (κ3) is 4.46. The van der Waals surface area contributed by atoms with Gasteiger partial charge in [-0.15, -0.1) is 0 Å². The molecule has 1 rings (SSSR count). The van der Waals surface area contributed by atoms with E-state index in [1.165, 1.54) is 12.8 Å². The Bertz CT molecular complexity index is 196. The highest BCUT2D eigenvalue weighted by Crippen LogP contribution is 2.24. The number of hydrogen-bond donors (Lipinski definition) is 2. The molecule has 0 bridgehead atoms. The van der Waals surface area contributed by atoms with Crippen LogP contribution in [0.1, 0.15) is 26.7 Å². The molecule has 4 heteroatoms. The van der Waals surface area contributed by atoms with E-state index in [-0.39, 0.29) is 0 Å². The molecule has 0 spiro atoms. The molecule has 0 aliphatic heterocycles. The Morgan fingerprint density at radius 3 is 2.71 bits per heavy atom. The number of likely N-dealkylation sites (N-methyl/N-ethyl adjacent to an activating group) is 1. The molecule has 0 heterocycles. The van der Waals surface area contributed by atoms with E-state index in [0.717, 1.165) is 19.1 Å². The van der Waals surface area contributed by atoms with Gasteiger partial charge in [-0.3, -0.25) is 4.99 Å². The zero-order valence-electron chi connectivity index (χ0n) is 9.45. The Kier molecular flexibility index (Phi) is 4.20. The molecule has 1 aliphatic carbocycles. The maximum absolute atomic E-state index is 5.67. The zero-order valence-corrected chi connectivity index (χ0v) is 9.45. The number of rotatable bonds is 5. The number of nitrogens with zero attached hydrogens (tertiary/aromatic N) is 2. The van der Waals surface area contributed by atoms with E-state index in [4.69, 9.17) is 5.73 Å².